The van der Waals surface area contributed by atoms with Gasteiger partial charge in [-0.15, -0.1) is 0 Å². The maximum atomic E-state index is 11.8. The number of ether oxygens (including phenoxy) is 2. The summed E-state index contributed by atoms with van der Waals surface area (Å²) in [7, 11) is 1.51. The van der Waals surface area contributed by atoms with Crippen molar-refractivity contribution in [2.75, 3.05) is 13.7 Å². The summed E-state index contributed by atoms with van der Waals surface area (Å²) in [4.78, 5) is 28.1. The van der Waals surface area contributed by atoms with Crippen LogP contribution in [0.2, 0.25) is 0 Å². The van der Waals surface area contributed by atoms with E-state index in [1.807, 2.05) is 0 Å². The van der Waals surface area contributed by atoms with Crippen LogP contribution in [0.4, 0.5) is 0 Å². The zero-order valence-electron chi connectivity index (χ0n) is 11.1. The van der Waals surface area contributed by atoms with E-state index in [-0.39, 0.29) is 6.61 Å². The topological polar surface area (TPSA) is 122 Å². The normalized spacial score (nSPS) is 25.4. The molecule has 1 N–H and O–H groups in total. The Morgan fingerprint density at radius 2 is 2.40 bits per heavy atom. The van der Waals surface area contributed by atoms with Crippen LogP contribution >= 0.6 is 0 Å². The van der Waals surface area contributed by atoms with Crippen molar-refractivity contribution in [2.45, 2.75) is 31.7 Å². The summed E-state index contributed by atoms with van der Waals surface area (Å²) < 4.78 is 12.0. The average Bonchev–Trinajstić information content (AvgIpc) is 2.78. The molecule has 2 heterocycles. The molecule has 0 aliphatic carbocycles. The summed E-state index contributed by atoms with van der Waals surface area (Å²) in [5, 5.41) is 3.66. The monoisotopic (exact) mass is 281 g/mol. The first-order chi connectivity index (χ1) is 9.56. The van der Waals surface area contributed by atoms with Gasteiger partial charge in [0.2, 0.25) is 0 Å². The quantitative estimate of drug-likeness (QED) is 0.489. The number of aromatic nitrogens is 2. The molecule has 0 aromatic carbocycles. The fourth-order valence-electron chi connectivity index (χ4n) is 2.19. The van der Waals surface area contributed by atoms with Gasteiger partial charge in [-0.3, -0.25) is 14.3 Å². The standard InChI is InChI=1S/C11H15N5O4/c1-6-4-16(11(18)13-10(6)17)9-3-7(14-15-12)8(20-9)5-19-2/h4,7-9H,3,5H2,1-2H3,(H,13,17,18)/t7-,8+,9+/m0/s1. The van der Waals surface area contributed by atoms with Crippen LogP contribution in [0, 0.1) is 6.92 Å². The summed E-state index contributed by atoms with van der Waals surface area (Å²) in [5.74, 6) is 0. The lowest BCUT2D eigenvalue weighted by atomic mass is 10.1. The highest BCUT2D eigenvalue weighted by atomic mass is 16.5. The van der Waals surface area contributed by atoms with Gasteiger partial charge in [0.15, 0.2) is 0 Å². The zero-order chi connectivity index (χ0) is 14.7. The molecule has 1 aliphatic rings. The van der Waals surface area contributed by atoms with E-state index in [2.05, 4.69) is 15.0 Å². The van der Waals surface area contributed by atoms with Crippen molar-refractivity contribution in [1.82, 2.24) is 9.55 Å². The van der Waals surface area contributed by atoms with Crippen molar-refractivity contribution >= 4 is 0 Å². The van der Waals surface area contributed by atoms with Crippen molar-refractivity contribution in [1.29, 1.82) is 0 Å². The van der Waals surface area contributed by atoms with Crippen molar-refractivity contribution in [3.05, 3.63) is 43.0 Å². The second-order valence-corrected chi connectivity index (χ2v) is 4.57. The van der Waals surface area contributed by atoms with E-state index in [4.69, 9.17) is 15.0 Å². The molecule has 1 fully saturated rings. The third-order valence-electron chi connectivity index (χ3n) is 3.19. The summed E-state index contributed by atoms with van der Waals surface area (Å²) in [6.07, 6.45) is 0.784. The molecule has 108 valence electrons. The Balaban J connectivity index is 2.31. The number of aryl methyl sites for hydroxylation is 1. The van der Waals surface area contributed by atoms with Crippen LogP contribution in [0.1, 0.15) is 18.2 Å². The first-order valence-corrected chi connectivity index (χ1v) is 6.07. The molecule has 0 bridgehead atoms. The van der Waals surface area contributed by atoms with Crippen LogP contribution in [0.3, 0.4) is 0 Å². The van der Waals surface area contributed by atoms with Gasteiger partial charge in [-0.05, 0) is 12.5 Å². The Hall–Kier alpha value is -2.09. The van der Waals surface area contributed by atoms with Crippen molar-refractivity contribution < 1.29 is 9.47 Å². The lowest BCUT2D eigenvalue weighted by molar-refractivity contribution is -0.0361. The van der Waals surface area contributed by atoms with Gasteiger partial charge in [0.1, 0.15) is 6.23 Å². The Morgan fingerprint density at radius 1 is 1.65 bits per heavy atom. The molecule has 9 heteroatoms. The molecule has 1 aromatic heterocycles. The Bertz CT molecular complexity index is 645. The minimum atomic E-state index is -0.589. The van der Waals surface area contributed by atoms with Gasteiger partial charge in [0.05, 0.1) is 18.8 Å². The minimum Gasteiger partial charge on any atom is -0.382 e. The second-order valence-electron chi connectivity index (χ2n) is 4.57. The zero-order valence-corrected chi connectivity index (χ0v) is 11.1. The number of H-pyrrole nitrogens is 1. The van der Waals surface area contributed by atoms with Crippen molar-refractivity contribution in [3.63, 3.8) is 0 Å². The lowest BCUT2D eigenvalue weighted by Gasteiger charge is -2.15. The molecule has 2 rings (SSSR count). The molecule has 0 radical (unpaired) electrons. The van der Waals surface area contributed by atoms with E-state index in [0.717, 1.165) is 0 Å². The van der Waals surface area contributed by atoms with Crippen LogP contribution in [0.15, 0.2) is 20.9 Å². The van der Waals surface area contributed by atoms with E-state index in [1.165, 1.54) is 17.9 Å². The maximum absolute atomic E-state index is 11.8. The summed E-state index contributed by atoms with van der Waals surface area (Å²) >= 11 is 0. The molecular weight excluding hydrogens is 266 g/mol. The lowest BCUT2D eigenvalue weighted by Crippen LogP contribution is -2.33. The number of azide groups is 1. The van der Waals surface area contributed by atoms with Crippen molar-refractivity contribution in [3.8, 4) is 0 Å². The second kappa shape index (κ2) is 5.91. The molecule has 9 nitrogen and oxygen atoms in total. The number of nitrogens with one attached hydrogen (secondary N) is 1. The number of methoxy groups -OCH3 is 1. The number of hydrogen-bond acceptors (Lipinski definition) is 5. The molecule has 1 saturated heterocycles. The van der Waals surface area contributed by atoms with Gasteiger partial charge in [0, 0.05) is 30.2 Å². The molecule has 0 amide bonds. The molecule has 0 saturated carbocycles. The van der Waals surface area contributed by atoms with E-state index in [1.54, 1.807) is 6.92 Å². The molecule has 3 atom stereocenters. The fraction of sp³-hybridized carbons (Fsp3) is 0.636. The third-order valence-corrected chi connectivity index (χ3v) is 3.19. The van der Waals surface area contributed by atoms with Gasteiger partial charge in [-0.2, -0.15) is 0 Å². The van der Waals surface area contributed by atoms with E-state index in [9.17, 15) is 9.59 Å². The Morgan fingerprint density at radius 3 is 3.05 bits per heavy atom. The van der Waals surface area contributed by atoms with Gasteiger partial charge >= 0.3 is 5.69 Å². The number of nitrogens with zero attached hydrogens (tertiary/aromatic N) is 4. The van der Waals surface area contributed by atoms with Crippen molar-refractivity contribution in [2.24, 2.45) is 5.11 Å². The number of aromatic amines is 1. The largest absolute Gasteiger partial charge is 0.382 e. The van der Waals surface area contributed by atoms with Gasteiger partial charge in [0.25, 0.3) is 5.56 Å². The highest BCUT2D eigenvalue weighted by molar-refractivity contribution is 5.02. The number of rotatable bonds is 4. The average molecular weight is 281 g/mol. The van der Waals surface area contributed by atoms with Crippen LogP contribution in [-0.4, -0.2) is 35.4 Å². The fourth-order valence-corrected chi connectivity index (χ4v) is 2.19. The Kier molecular flexibility index (Phi) is 4.23. The van der Waals surface area contributed by atoms with Crippen LogP contribution in [0.25, 0.3) is 10.4 Å². The summed E-state index contributed by atoms with van der Waals surface area (Å²) in [5.41, 5.74) is 7.98. The highest BCUT2D eigenvalue weighted by Crippen LogP contribution is 2.30. The molecule has 1 aromatic rings. The SMILES string of the molecule is COC[C@H]1O[C@@H](n2cc(C)c(=O)[nH]c2=O)C[C@@H]1N=[N+]=[N-]. The maximum Gasteiger partial charge on any atom is 0.330 e. The first-order valence-electron chi connectivity index (χ1n) is 6.07. The highest BCUT2D eigenvalue weighted by Gasteiger charge is 2.36. The van der Waals surface area contributed by atoms with Gasteiger partial charge in [-0.1, -0.05) is 5.11 Å². The number of hydrogen-bond donors (Lipinski definition) is 1. The summed E-state index contributed by atoms with van der Waals surface area (Å²) in [6.45, 7) is 1.86. The molecular formula is C11H15N5O4. The summed E-state index contributed by atoms with van der Waals surface area (Å²) in [6, 6.07) is -0.413. The molecule has 0 unspecified atom stereocenters. The van der Waals surface area contributed by atoms with Gasteiger partial charge in [-0.25, -0.2) is 4.79 Å². The third kappa shape index (κ3) is 2.74. The first kappa shape index (κ1) is 14.3. The molecule has 1 aliphatic heterocycles. The van der Waals surface area contributed by atoms with E-state index >= 15 is 0 Å². The van der Waals surface area contributed by atoms with Crippen LogP contribution in [0.5, 0.6) is 0 Å². The van der Waals surface area contributed by atoms with E-state index in [0.29, 0.717) is 12.0 Å². The van der Waals surface area contributed by atoms with Gasteiger partial charge < -0.3 is 9.47 Å². The molecule has 0 spiro atoms. The van der Waals surface area contributed by atoms with Crippen LogP contribution < -0.4 is 11.2 Å². The Labute approximate surface area is 113 Å². The predicted octanol–water partition coefficient (Wildman–Crippen LogP) is 0.458. The van der Waals surface area contributed by atoms with E-state index < -0.39 is 29.6 Å². The minimum absolute atomic E-state index is 0.261. The van der Waals surface area contributed by atoms with Crippen LogP contribution in [-0.2, 0) is 9.47 Å². The molecule has 20 heavy (non-hydrogen) atoms. The predicted molar refractivity (Wildman–Crippen MR) is 69.4 cm³/mol. The smallest absolute Gasteiger partial charge is 0.330 e.